The van der Waals surface area contributed by atoms with E-state index in [0.29, 0.717) is 5.13 Å². The molecule has 0 aliphatic rings. The van der Waals surface area contributed by atoms with Crippen molar-refractivity contribution in [2.45, 2.75) is 6.92 Å². The van der Waals surface area contributed by atoms with Crippen LogP contribution in [0.25, 0.3) is 6.08 Å². The lowest BCUT2D eigenvalue weighted by Crippen LogP contribution is -2.08. The van der Waals surface area contributed by atoms with Gasteiger partial charge in [-0.2, -0.15) is 0 Å². The lowest BCUT2D eigenvalue weighted by atomic mass is 10.2. The van der Waals surface area contributed by atoms with Gasteiger partial charge in [0.2, 0.25) is 0 Å². The van der Waals surface area contributed by atoms with Crippen molar-refractivity contribution in [1.29, 1.82) is 0 Å². The summed E-state index contributed by atoms with van der Waals surface area (Å²) in [5.41, 5.74) is 1.63. The quantitative estimate of drug-likeness (QED) is 0.936. The fourth-order valence-electron chi connectivity index (χ4n) is 1.29. The Morgan fingerprint density at radius 3 is 2.61 bits per heavy atom. The van der Waals surface area contributed by atoms with E-state index in [1.807, 2.05) is 37.3 Å². The van der Waals surface area contributed by atoms with Gasteiger partial charge in [-0.05, 0) is 18.6 Å². The molecule has 0 unspecified atom stereocenters. The zero-order valence-corrected chi connectivity index (χ0v) is 11.3. The van der Waals surface area contributed by atoms with Gasteiger partial charge in [-0.15, -0.1) is 11.3 Å². The molecule has 2 aromatic rings. The second-order valence-corrected chi connectivity index (χ2v) is 6.08. The number of hydrogen-bond acceptors (Lipinski definition) is 4. The lowest BCUT2D eigenvalue weighted by molar-refractivity contribution is 0.609. The second kappa shape index (κ2) is 5.32. The van der Waals surface area contributed by atoms with Gasteiger partial charge in [0.05, 0.1) is 11.1 Å². The maximum Gasteiger partial charge on any atom is 0.256 e. The molecule has 0 fully saturated rings. The fraction of sp³-hybridized carbons (Fsp3) is 0.0833. The zero-order valence-electron chi connectivity index (χ0n) is 9.70. The number of aromatic nitrogens is 1. The average molecular weight is 280 g/mol. The molecule has 0 atom stereocenters. The third-order valence-electron chi connectivity index (χ3n) is 2.09. The van der Waals surface area contributed by atoms with Crippen LogP contribution in [0.5, 0.6) is 0 Å². The van der Waals surface area contributed by atoms with Crippen LogP contribution in [0.2, 0.25) is 0 Å². The number of thiazole rings is 1. The molecule has 6 heteroatoms. The molecule has 0 saturated carbocycles. The van der Waals surface area contributed by atoms with E-state index in [2.05, 4.69) is 9.71 Å². The maximum atomic E-state index is 11.8. The summed E-state index contributed by atoms with van der Waals surface area (Å²) in [5.74, 6) is 0. The summed E-state index contributed by atoms with van der Waals surface area (Å²) in [6, 6.07) is 9.25. The smallest absolute Gasteiger partial charge is 0.255 e. The van der Waals surface area contributed by atoms with Gasteiger partial charge >= 0.3 is 0 Å². The summed E-state index contributed by atoms with van der Waals surface area (Å²) in [6.45, 7) is 1.81. The van der Waals surface area contributed by atoms with E-state index in [4.69, 9.17) is 0 Å². The van der Waals surface area contributed by atoms with Gasteiger partial charge in [-0.3, -0.25) is 4.72 Å². The van der Waals surface area contributed by atoms with Gasteiger partial charge in [-0.1, -0.05) is 30.3 Å². The van der Waals surface area contributed by atoms with Crippen LogP contribution in [0.3, 0.4) is 0 Å². The van der Waals surface area contributed by atoms with Crippen molar-refractivity contribution in [1.82, 2.24) is 4.98 Å². The highest BCUT2D eigenvalue weighted by molar-refractivity contribution is 7.95. The number of aryl methyl sites for hydroxylation is 1. The number of nitrogens with zero attached hydrogens (tertiary/aromatic N) is 1. The summed E-state index contributed by atoms with van der Waals surface area (Å²) < 4.78 is 25.9. The number of sulfonamides is 1. The van der Waals surface area contributed by atoms with Crippen LogP contribution in [-0.2, 0) is 10.0 Å². The van der Waals surface area contributed by atoms with Crippen LogP contribution in [-0.4, -0.2) is 13.4 Å². The summed E-state index contributed by atoms with van der Waals surface area (Å²) in [4.78, 5) is 4.05. The first-order chi connectivity index (χ1) is 8.55. The Labute approximate surface area is 110 Å². The van der Waals surface area contributed by atoms with Gasteiger partial charge in [-0.25, -0.2) is 13.4 Å². The van der Waals surface area contributed by atoms with Gasteiger partial charge in [0, 0.05) is 5.38 Å². The minimum absolute atomic E-state index is 0.380. The van der Waals surface area contributed by atoms with Gasteiger partial charge in [0.15, 0.2) is 5.13 Å². The predicted molar refractivity (Wildman–Crippen MR) is 74.9 cm³/mol. The number of rotatable bonds is 4. The highest BCUT2D eigenvalue weighted by Gasteiger charge is 2.07. The van der Waals surface area contributed by atoms with Crippen molar-refractivity contribution >= 4 is 32.6 Å². The van der Waals surface area contributed by atoms with Crippen LogP contribution < -0.4 is 4.72 Å². The van der Waals surface area contributed by atoms with E-state index in [1.54, 1.807) is 11.5 Å². The molecule has 0 amide bonds. The Bertz CT molecular complexity index is 646. The largest absolute Gasteiger partial charge is 0.256 e. The summed E-state index contributed by atoms with van der Waals surface area (Å²) in [6.07, 6.45) is 1.54. The Morgan fingerprint density at radius 1 is 1.28 bits per heavy atom. The Hall–Kier alpha value is -1.66. The molecule has 94 valence electrons. The van der Waals surface area contributed by atoms with E-state index in [1.165, 1.54) is 11.3 Å². The number of benzene rings is 1. The van der Waals surface area contributed by atoms with Crippen molar-refractivity contribution < 1.29 is 8.42 Å². The molecule has 0 saturated heterocycles. The number of hydrogen-bond donors (Lipinski definition) is 1. The monoisotopic (exact) mass is 280 g/mol. The van der Waals surface area contributed by atoms with Crippen LogP contribution in [0.1, 0.15) is 11.3 Å². The van der Waals surface area contributed by atoms with E-state index < -0.39 is 10.0 Å². The molecule has 2 rings (SSSR count). The van der Waals surface area contributed by atoms with E-state index in [0.717, 1.165) is 16.7 Å². The van der Waals surface area contributed by atoms with E-state index in [-0.39, 0.29) is 0 Å². The Balaban J connectivity index is 2.10. The molecule has 0 radical (unpaired) electrons. The van der Waals surface area contributed by atoms with Crippen molar-refractivity contribution in [3.63, 3.8) is 0 Å². The SMILES string of the molecule is Cc1csc(NS(=O)(=O)C=Cc2ccccc2)n1. The topological polar surface area (TPSA) is 59.1 Å². The van der Waals surface area contributed by atoms with Gasteiger partial charge < -0.3 is 0 Å². The number of anilines is 1. The summed E-state index contributed by atoms with van der Waals surface area (Å²) in [7, 11) is -3.50. The molecule has 1 heterocycles. The first-order valence-electron chi connectivity index (χ1n) is 5.23. The highest BCUT2D eigenvalue weighted by atomic mass is 32.2. The van der Waals surface area contributed by atoms with Crippen molar-refractivity contribution in [2.24, 2.45) is 0 Å². The molecule has 18 heavy (non-hydrogen) atoms. The third-order valence-corrected chi connectivity index (χ3v) is 4.06. The van der Waals surface area contributed by atoms with Gasteiger partial charge in [0.1, 0.15) is 0 Å². The molecule has 0 bridgehead atoms. The van der Waals surface area contributed by atoms with E-state index in [9.17, 15) is 8.42 Å². The molecule has 1 N–H and O–H groups in total. The van der Waals surface area contributed by atoms with Crippen molar-refractivity contribution in [3.8, 4) is 0 Å². The fourth-order valence-corrected chi connectivity index (χ4v) is 3.05. The maximum absolute atomic E-state index is 11.8. The highest BCUT2D eigenvalue weighted by Crippen LogP contribution is 2.16. The zero-order chi connectivity index (χ0) is 13.0. The van der Waals surface area contributed by atoms with E-state index >= 15 is 0 Å². The lowest BCUT2D eigenvalue weighted by Gasteiger charge is -1.99. The van der Waals surface area contributed by atoms with Gasteiger partial charge in [0.25, 0.3) is 10.0 Å². The molecular formula is C12H12N2O2S2. The molecule has 1 aromatic carbocycles. The average Bonchev–Trinajstić information content (AvgIpc) is 2.73. The van der Waals surface area contributed by atoms with Crippen LogP contribution in [0.15, 0.2) is 41.1 Å². The molecule has 4 nitrogen and oxygen atoms in total. The first kappa shape index (κ1) is 12.8. The predicted octanol–water partition coefficient (Wildman–Crippen LogP) is 2.86. The van der Waals surface area contributed by atoms with Crippen molar-refractivity contribution in [3.05, 3.63) is 52.4 Å². The second-order valence-electron chi connectivity index (χ2n) is 3.65. The van der Waals surface area contributed by atoms with Crippen molar-refractivity contribution in [2.75, 3.05) is 4.72 Å². The standard InChI is InChI=1S/C12H12N2O2S2/c1-10-9-17-12(13-10)14-18(15,16)8-7-11-5-3-2-4-6-11/h2-9H,1H3,(H,13,14). The normalized spacial score (nSPS) is 11.8. The third kappa shape index (κ3) is 3.68. The molecule has 1 aromatic heterocycles. The summed E-state index contributed by atoms with van der Waals surface area (Å²) >= 11 is 1.26. The molecule has 0 spiro atoms. The van der Waals surface area contributed by atoms with Crippen LogP contribution in [0, 0.1) is 6.92 Å². The molecule has 0 aliphatic heterocycles. The minimum atomic E-state index is -3.50. The minimum Gasteiger partial charge on any atom is -0.255 e. The Morgan fingerprint density at radius 2 is 2.00 bits per heavy atom. The first-order valence-corrected chi connectivity index (χ1v) is 7.66. The van der Waals surface area contributed by atoms with Crippen LogP contribution in [0.4, 0.5) is 5.13 Å². The molecule has 0 aliphatic carbocycles. The number of nitrogens with one attached hydrogen (secondary N) is 1. The van der Waals surface area contributed by atoms with Crippen LogP contribution >= 0.6 is 11.3 Å². The molecular weight excluding hydrogens is 268 g/mol. The Kier molecular flexibility index (Phi) is 3.78. The summed E-state index contributed by atoms with van der Waals surface area (Å²) in [5, 5.41) is 3.31.